The largest absolute Gasteiger partial charge is 0.484 e. The lowest BCUT2D eigenvalue weighted by molar-refractivity contribution is 0.324. The molecule has 0 aromatic heterocycles. The SMILES string of the molecule is CN(C)[Si](O)O. The second kappa shape index (κ2) is 2.30. The number of hydrogen-bond acceptors (Lipinski definition) is 3. The molecule has 2 N–H and O–H groups in total. The van der Waals surface area contributed by atoms with Crippen LogP contribution < -0.4 is 0 Å². The predicted molar refractivity (Wildman–Crippen MR) is 23.9 cm³/mol. The molecule has 0 aliphatic heterocycles. The molecule has 0 fully saturated rings. The third-order valence-electron chi connectivity index (χ3n) is 0.400. The highest BCUT2D eigenvalue weighted by molar-refractivity contribution is 6.37. The van der Waals surface area contributed by atoms with E-state index in [-0.39, 0.29) is 0 Å². The monoisotopic (exact) mass is 106 g/mol. The molecule has 0 aliphatic rings. The molecule has 37 valence electrons. The van der Waals surface area contributed by atoms with Crippen molar-refractivity contribution in [2.45, 2.75) is 0 Å². The van der Waals surface area contributed by atoms with Crippen molar-refractivity contribution in [3.05, 3.63) is 0 Å². The van der Waals surface area contributed by atoms with E-state index in [0.29, 0.717) is 0 Å². The lowest BCUT2D eigenvalue weighted by Gasteiger charge is -2.04. The maximum Gasteiger partial charge on any atom is 0.484 e. The average molecular weight is 106 g/mol. The minimum absolute atomic E-state index is 1.38. The molecule has 3 nitrogen and oxygen atoms in total. The van der Waals surface area contributed by atoms with Crippen LogP contribution >= 0.6 is 0 Å². The summed E-state index contributed by atoms with van der Waals surface area (Å²) in [5.41, 5.74) is 0. The molecule has 0 saturated heterocycles. The van der Waals surface area contributed by atoms with Gasteiger partial charge in [-0.05, 0) is 14.1 Å². The molecule has 0 saturated carbocycles. The van der Waals surface area contributed by atoms with Gasteiger partial charge in [0.1, 0.15) is 0 Å². The van der Waals surface area contributed by atoms with Crippen LogP contribution in [0.4, 0.5) is 0 Å². The van der Waals surface area contributed by atoms with Crippen LogP contribution in [0.3, 0.4) is 0 Å². The van der Waals surface area contributed by atoms with E-state index in [9.17, 15) is 0 Å². The topological polar surface area (TPSA) is 43.7 Å². The normalized spacial score (nSPS) is 11.0. The van der Waals surface area contributed by atoms with E-state index >= 15 is 0 Å². The first-order valence-corrected chi connectivity index (χ1v) is 2.91. The van der Waals surface area contributed by atoms with Crippen molar-refractivity contribution in [2.24, 2.45) is 0 Å². The summed E-state index contributed by atoms with van der Waals surface area (Å²) >= 11 is 0. The zero-order valence-corrected chi connectivity index (χ0v) is 4.84. The summed E-state index contributed by atoms with van der Waals surface area (Å²) in [5, 5.41) is 0. The number of rotatable bonds is 1. The minimum atomic E-state index is -2.12. The third-order valence-corrected chi connectivity index (χ3v) is 1.20. The van der Waals surface area contributed by atoms with Crippen molar-refractivity contribution in [1.82, 2.24) is 4.57 Å². The van der Waals surface area contributed by atoms with Gasteiger partial charge in [-0.25, -0.2) is 0 Å². The van der Waals surface area contributed by atoms with Gasteiger partial charge in [0.25, 0.3) is 0 Å². The van der Waals surface area contributed by atoms with Crippen LogP contribution in [0.15, 0.2) is 0 Å². The Labute approximate surface area is 38.8 Å². The summed E-state index contributed by atoms with van der Waals surface area (Å²) in [4.78, 5) is 16.4. The summed E-state index contributed by atoms with van der Waals surface area (Å²) in [6.07, 6.45) is 0. The van der Waals surface area contributed by atoms with E-state index in [1.54, 1.807) is 14.1 Å². The predicted octanol–water partition coefficient (Wildman–Crippen LogP) is -1.48. The second-order valence-electron chi connectivity index (χ2n) is 1.19. The highest BCUT2D eigenvalue weighted by atomic mass is 28.3. The molecule has 0 heterocycles. The lowest BCUT2D eigenvalue weighted by atomic mass is 11.3. The molecular formula is C2H8NO2Si. The van der Waals surface area contributed by atoms with Gasteiger partial charge in [-0.2, -0.15) is 0 Å². The first-order valence-electron chi connectivity index (χ1n) is 1.57. The molecule has 6 heavy (non-hydrogen) atoms. The van der Waals surface area contributed by atoms with E-state index < -0.39 is 9.45 Å². The highest BCUT2D eigenvalue weighted by Crippen LogP contribution is 1.69. The van der Waals surface area contributed by atoms with Crippen LogP contribution in [0.1, 0.15) is 0 Å². The fourth-order valence-corrected chi connectivity index (χ4v) is 0. The summed E-state index contributed by atoms with van der Waals surface area (Å²) in [6, 6.07) is 0. The Morgan fingerprint density at radius 2 is 1.50 bits per heavy atom. The molecule has 0 unspecified atom stereocenters. The number of hydrogen-bond donors (Lipinski definition) is 2. The van der Waals surface area contributed by atoms with Crippen molar-refractivity contribution in [3.63, 3.8) is 0 Å². The highest BCUT2D eigenvalue weighted by Gasteiger charge is 2.04. The van der Waals surface area contributed by atoms with Crippen molar-refractivity contribution >= 4 is 9.45 Å². The summed E-state index contributed by atoms with van der Waals surface area (Å²) in [5.74, 6) is 0. The molecule has 0 atom stereocenters. The zero-order valence-electron chi connectivity index (χ0n) is 3.84. The lowest BCUT2D eigenvalue weighted by Crippen LogP contribution is -2.32. The first kappa shape index (κ1) is 6.10. The Bertz CT molecular complexity index is 32.5. The molecule has 0 aliphatic carbocycles. The Morgan fingerprint density at radius 3 is 1.50 bits per heavy atom. The molecule has 0 spiro atoms. The fourth-order valence-electron chi connectivity index (χ4n) is 0. The van der Waals surface area contributed by atoms with Gasteiger partial charge in [0.2, 0.25) is 0 Å². The van der Waals surface area contributed by atoms with Gasteiger partial charge in [-0.3, -0.25) is 4.57 Å². The fraction of sp³-hybridized carbons (Fsp3) is 1.00. The van der Waals surface area contributed by atoms with Crippen molar-refractivity contribution < 1.29 is 9.59 Å². The van der Waals surface area contributed by atoms with Gasteiger partial charge >= 0.3 is 9.45 Å². The van der Waals surface area contributed by atoms with Crippen molar-refractivity contribution in [3.8, 4) is 0 Å². The minimum Gasteiger partial charge on any atom is -0.397 e. The number of nitrogens with zero attached hydrogens (tertiary/aromatic N) is 1. The van der Waals surface area contributed by atoms with E-state index in [2.05, 4.69) is 0 Å². The standard InChI is InChI=1S/C2H8NO2Si/c1-3(2)6(4)5/h4-5H,1-2H3. The van der Waals surface area contributed by atoms with E-state index in [4.69, 9.17) is 9.59 Å². The average Bonchev–Trinajstić information content (AvgIpc) is 1.36. The van der Waals surface area contributed by atoms with Crippen LogP contribution in [0, 0.1) is 0 Å². The molecule has 0 bridgehead atoms. The molecular weight excluding hydrogens is 98.1 g/mol. The van der Waals surface area contributed by atoms with Gasteiger partial charge in [0.15, 0.2) is 0 Å². The second-order valence-corrected chi connectivity index (χ2v) is 2.69. The molecule has 1 radical (unpaired) electrons. The van der Waals surface area contributed by atoms with Crippen LogP contribution in [0.5, 0.6) is 0 Å². The smallest absolute Gasteiger partial charge is 0.397 e. The van der Waals surface area contributed by atoms with E-state index in [0.717, 1.165) is 0 Å². The molecule has 0 aromatic carbocycles. The van der Waals surface area contributed by atoms with Crippen LogP contribution in [-0.2, 0) is 0 Å². The Hall–Kier alpha value is 0.0969. The molecule has 4 heteroatoms. The van der Waals surface area contributed by atoms with Gasteiger partial charge in [0, 0.05) is 0 Å². The third kappa shape index (κ3) is 2.34. The van der Waals surface area contributed by atoms with Crippen LogP contribution in [0.25, 0.3) is 0 Å². The van der Waals surface area contributed by atoms with Gasteiger partial charge in [-0.1, -0.05) is 0 Å². The maximum absolute atomic E-state index is 8.21. The molecule has 0 rings (SSSR count). The Balaban J connectivity index is 2.99. The maximum atomic E-state index is 8.21. The Kier molecular flexibility index (Phi) is 2.34. The first-order chi connectivity index (χ1) is 2.64. The molecule has 0 amide bonds. The zero-order chi connectivity index (χ0) is 5.15. The van der Waals surface area contributed by atoms with Crippen molar-refractivity contribution in [2.75, 3.05) is 14.1 Å². The van der Waals surface area contributed by atoms with Gasteiger partial charge < -0.3 is 9.59 Å². The van der Waals surface area contributed by atoms with Crippen LogP contribution in [-0.4, -0.2) is 37.7 Å². The van der Waals surface area contributed by atoms with Gasteiger partial charge in [-0.15, -0.1) is 0 Å². The summed E-state index contributed by atoms with van der Waals surface area (Å²) < 4.78 is 1.38. The Morgan fingerprint density at radius 1 is 1.33 bits per heavy atom. The van der Waals surface area contributed by atoms with Gasteiger partial charge in [0.05, 0.1) is 0 Å². The van der Waals surface area contributed by atoms with E-state index in [1.165, 1.54) is 4.57 Å². The van der Waals surface area contributed by atoms with E-state index in [1.807, 2.05) is 0 Å². The summed E-state index contributed by atoms with van der Waals surface area (Å²) in [7, 11) is 1.12. The quantitative estimate of drug-likeness (QED) is 0.401. The summed E-state index contributed by atoms with van der Waals surface area (Å²) in [6.45, 7) is 0. The van der Waals surface area contributed by atoms with Crippen LogP contribution in [0.2, 0.25) is 0 Å². The molecule has 0 aromatic rings. The van der Waals surface area contributed by atoms with Crippen molar-refractivity contribution in [1.29, 1.82) is 0 Å².